The Bertz CT molecular complexity index is 237. The van der Waals surface area contributed by atoms with Crippen LogP contribution in [0.5, 0.6) is 0 Å². The van der Waals surface area contributed by atoms with Crippen molar-refractivity contribution in [3.63, 3.8) is 0 Å². The molecule has 0 aliphatic carbocycles. The van der Waals surface area contributed by atoms with Crippen molar-refractivity contribution in [3.05, 3.63) is 0 Å². The van der Waals surface area contributed by atoms with Gasteiger partial charge in [0.25, 0.3) is 0 Å². The lowest BCUT2D eigenvalue weighted by molar-refractivity contribution is 0.0569. The second-order valence-corrected chi connectivity index (χ2v) is 4.64. The molecule has 80 valence electrons. The molecular formula is C11H20N2O. The van der Waals surface area contributed by atoms with Crippen molar-refractivity contribution in [1.82, 2.24) is 5.32 Å². The van der Waals surface area contributed by atoms with Crippen LogP contribution in [0.2, 0.25) is 0 Å². The second-order valence-electron chi connectivity index (χ2n) is 4.64. The molecule has 0 aromatic carbocycles. The first-order chi connectivity index (χ1) is 6.74. The lowest BCUT2D eigenvalue weighted by Crippen LogP contribution is -2.50. The van der Waals surface area contributed by atoms with E-state index in [2.05, 4.69) is 31.2 Å². The van der Waals surface area contributed by atoms with Gasteiger partial charge in [-0.2, -0.15) is 0 Å². The monoisotopic (exact) mass is 196 g/mol. The number of nitrogens with one attached hydrogen (secondary N) is 1. The predicted molar refractivity (Wildman–Crippen MR) is 57.3 cm³/mol. The summed E-state index contributed by atoms with van der Waals surface area (Å²) < 4.78 is 0. The normalized spacial score (nSPS) is 36.6. The van der Waals surface area contributed by atoms with Crippen LogP contribution in [0.4, 0.5) is 0 Å². The summed E-state index contributed by atoms with van der Waals surface area (Å²) in [4.78, 5) is 5.48. The third kappa shape index (κ3) is 1.54. The van der Waals surface area contributed by atoms with Crippen molar-refractivity contribution < 1.29 is 4.84 Å². The topological polar surface area (TPSA) is 33.6 Å². The molecule has 2 aliphatic heterocycles. The zero-order chi connectivity index (χ0) is 10.1. The molecule has 0 aromatic rings. The number of rotatable bonds is 2. The Hall–Kier alpha value is -0.570. The minimum Gasteiger partial charge on any atom is -0.392 e. The number of hydrogen-bond donors (Lipinski definition) is 1. The summed E-state index contributed by atoms with van der Waals surface area (Å²) in [7, 11) is 0. The highest BCUT2D eigenvalue weighted by molar-refractivity contribution is 5.93. The van der Waals surface area contributed by atoms with Gasteiger partial charge >= 0.3 is 0 Å². The van der Waals surface area contributed by atoms with Crippen LogP contribution in [-0.2, 0) is 4.84 Å². The molecule has 3 heteroatoms. The van der Waals surface area contributed by atoms with Gasteiger partial charge in [0.15, 0.2) is 0 Å². The van der Waals surface area contributed by atoms with E-state index in [-0.39, 0.29) is 0 Å². The third-order valence-corrected chi connectivity index (χ3v) is 3.33. The molecule has 14 heavy (non-hydrogen) atoms. The standard InChI is InChI=1S/C11H20N2O/c1-4-9-8-5-6-12-10(7(2)3)11(8)13-14-9/h7-10,12H,4-6H2,1-3H3/t8-,9+,10-/m0/s1. The van der Waals surface area contributed by atoms with Crippen molar-refractivity contribution in [3.8, 4) is 0 Å². The quantitative estimate of drug-likeness (QED) is 0.730. The molecule has 0 unspecified atom stereocenters. The van der Waals surface area contributed by atoms with Crippen molar-refractivity contribution in [2.45, 2.75) is 45.8 Å². The summed E-state index contributed by atoms with van der Waals surface area (Å²) in [6.45, 7) is 7.76. The van der Waals surface area contributed by atoms with Gasteiger partial charge in [-0.15, -0.1) is 0 Å². The Morgan fingerprint density at radius 3 is 3.00 bits per heavy atom. The van der Waals surface area contributed by atoms with Crippen LogP contribution in [0.25, 0.3) is 0 Å². The van der Waals surface area contributed by atoms with Crippen LogP contribution in [0, 0.1) is 11.8 Å². The molecule has 1 fully saturated rings. The minimum atomic E-state index is 0.341. The summed E-state index contributed by atoms with van der Waals surface area (Å²) in [5.74, 6) is 1.18. The highest BCUT2D eigenvalue weighted by Crippen LogP contribution is 2.30. The van der Waals surface area contributed by atoms with E-state index in [4.69, 9.17) is 4.84 Å². The Kier molecular flexibility index (Phi) is 2.77. The number of fused-ring (bicyclic) bond motifs is 1. The minimum absolute atomic E-state index is 0.341. The lowest BCUT2D eigenvalue weighted by Gasteiger charge is -2.31. The molecule has 0 saturated carbocycles. The van der Waals surface area contributed by atoms with Gasteiger partial charge in [-0.3, -0.25) is 0 Å². The van der Waals surface area contributed by atoms with E-state index in [0.717, 1.165) is 13.0 Å². The van der Waals surface area contributed by atoms with Crippen molar-refractivity contribution in [2.75, 3.05) is 6.54 Å². The molecule has 0 aromatic heterocycles. The average Bonchev–Trinajstić information content (AvgIpc) is 2.59. The molecule has 1 saturated heterocycles. The fourth-order valence-corrected chi connectivity index (χ4v) is 2.52. The number of hydrogen-bond acceptors (Lipinski definition) is 3. The number of nitrogens with zero attached hydrogens (tertiary/aromatic N) is 1. The van der Waals surface area contributed by atoms with Gasteiger partial charge in [0.05, 0.1) is 11.8 Å². The van der Waals surface area contributed by atoms with Gasteiger partial charge in [-0.25, -0.2) is 0 Å². The maximum absolute atomic E-state index is 5.48. The Labute approximate surface area is 85.9 Å². The van der Waals surface area contributed by atoms with Crippen LogP contribution in [0.3, 0.4) is 0 Å². The van der Waals surface area contributed by atoms with Crippen LogP contribution in [0.1, 0.15) is 33.6 Å². The first-order valence-corrected chi connectivity index (χ1v) is 5.71. The van der Waals surface area contributed by atoms with Gasteiger partial charge in [0.1, 0.15) is 6.10 Å². The molecule has 2 rings (SSSR count). The van der Waals surface area contributed by atoms with Crippen molar-refractivity contribution >= 4 is 5.71 Å². The highest BCUT2D eigenvalue weighted by Gasteiger charge is 2.40. The number of piperidine rings is 1. The summed E-state index contributed by atoms with van der Waals surface area (Å²) in [5, 5.41) is 7.79. The van der Waals surface area contributed by atoms with E-state index in [9.17, 15) is 0 Å². The van der Waals surface area contributed by atoms with E-state index in [1.54, 1.807) is 0 Å². The summed E-state index contributed by atoms with van der Waals surface area (Å²) in [6.07, 6.45) is 2.59. The third-order valence-electron chi connectivity index (χ3n) is 3.33. The smallest absolute Gasteiger partial charge is 0.135 e. The molecule has 0 spiro atoms. The van der Waals surface area contributed by atoms with Crippen molar-refractivity contribution in [2.24, 2.45) is 17.0 Å². The SMILES string of the molecule is CC[C@H]1ON=C2[C@H](C(C)C)NCC[C@H]21. The molecule has 3 nitrogen and oxygen atoms in total. The zero-order valence-corrected chi connectivity index (χ0v) is 9.29. The van der Waals surface area contributed by atoms with Crippen LogP contribution in [0.15, 0.2) is 5.16 Å². The zero-order valence-electron chi connectivity index (χ0n) is 9.29. The molecule has 0 amide bonds. The van der Waals surface area contributed by atoms with Gasteiger partial charge < -0.3 is 10.2 Å². The van der Waals surface area contributed by atoms with Crippen LogP contribution < -0.4 is 5.32 Å². The summed E-state index contributed by atoms with van der Waals surface area (Å²) in [5.41, 5.74) is 1.26. The fourth-order valence-electron chi connectivity index (χ4n) is 2.52. The first kappa shape index (κ1) is 9.97. The molecule has 0 bridgehead atoms. The Morgan fingerprint density at radius 2 is 2.36 bits per heavy atom. The van der Waals surface area contributed by atoms with Crippen LogP contribution in [-0.4, -0.2) is 24.4 Å². The Morgan fingerprint density at radius 1 is 1.57 bits per heavy atom. The van der Waals surface area contributed by atoms with Gasteiger partial charge in [0, 0.05) is 5.92 Å². The summed E-state index contributed by atoms with van der Waals surface area (Å²) >= 11 is 0. The highest BCUT2D eigenvalue weighted by atomic mass is 16.6. The van der Waals surface area contributed by atoms with E-state index < -0.39 is 0 Å². The van der Waals surface area contributed by atoms with Gasteiger partial charge in [0.2, 0.25) is 0 Å². The lowest BCUT2D eigenvalue weighted by atomic mass is 9.82. The molecule has 0 radical (unpaired) electrons. The Balaban J connectivity index is 2.12. The average molecular weight is 196 g/mol. The predicted octanol–water partition coefficient (Wildman–Crippen LogP) is 1.79. The summed E-state index contributed by atoms with van der Waals surface area (Å²) in [6, 6.07) is 0.435. The molecule has 1 N–H and O–H groups in total. The van der Waals surface area contributed by atoms with Crippen LogP contribution >= 0.6 is 0 Å². The van der Waals surface area contributed by atoms with Gasteiger partial charge in [-0.1, -0.05) is 25.9 Å². The molecular weight excluding hydrogens is 176 g/mol. The maximum atomic E-state index is 5.48. The van der Waals surface area contributed by atoms with E-state index >= 15 is 0 Å². The largest absolute Gasteiger partial charge is 0.392 e. The maximum Gasteiger partial charge on any atom is 0.135 e. The molecule has 3 atom stereocenters. The first-order valence-electron chi connectivity index (χ1n) is 5.71. The fraction of sp³-hybridized carbons (Fsp3) is 0.909. The van der Waals surface area contributed by atoms with Crippen molar-refractivity contribution in [1.29, 1.82) is 0 Å². The van der Waals surface area contributed by atoms with E-state index in [1.165, 1.54) is 12.1 Å². The molecule has 2 aliphatic rings. The second kappa shape index (κ2) is 3.89. The van der Waals surface area contributed by atoms with E-state index in [1.807, 2.05) is 0 Å². The van der Waals surface area contributed by atoms with Gasteiger partial charge in [-0.05, 0) is 25.3 Å². The number of oxime groups is 1. The molecule has 2 heterocycles. The van der Waals surface area contributed by atoms with E-state index in [0.29, 0.717) is 24.0 Å².